The standard InChI is InChI=1S/C10H20N3O/c1-3-13(7-4-11(2)10-13)12-5-8-14-9-6-12/h4,7H,3,5-6,8-10H2,1-2H3/q+1. The van der Waals surface area contributed by atoms with Gasteiger partial charge in [-0.15, -0.1) is 5.01 Å². The molecule has 2 aliphatic heterocycles. The molecule has 0 N–H and O–H groups in total. The van der Waals surface area contributed by atoms with Crippen molar-refractivity contribution in [2.45, 2.75) is 6.92 Å². The molecule has 0 bridgehead atoms. The number of nitrogens with zero attached hydrogens (tertiary/aromatic N) is 3. The fourth-order valence-electron chi connectivity index (χ4n) is 2.26. The predicted octanol–water partition coefficient (Wildman–Crippen LogP) is 0.444. The van der Waals surface area contributed by atoms with Crippen molar-refractivity contribution in [3.63, 3.8) is 0 Å². The molecular formula is C10H20N3O+. The van der Waals surface area contributed by atoms with Gasteiger partial charge in [0.05, 0.1) is 39.0 Å². The molecule has 1 unspecified atom stereocenters. The van der Waals surface area contributed by atoms with Crippen molar-refractivity contribution in [2.75, 3.05) is 46.6 Å². The number of ether oxygens (including phenoxy) is 1. The summed E-state index contributed by atoms with van der Waals surface area (Å²) in [6, 6.07) is 0. The van der Waals surface area contributed by atoms with E-state index in [0.29, 0.717) is 0 Å². The molecule has 2 heterocycles. The highest BCUT2D eigenvalue weighted by atomic mass is 16.5. The molecule has 0 aromatic heterocycles. The first-order valence-electron chi connectivity index (χ1n) is 5.36. The van der Waals surface area contributed by atoms with Gasteiger partial charge in [0.2, 0.25) is 0 Å². The molecule has 1 fully saturated rings. The molecule has 0 aliphatic carbocycles. The van der Waals surface area contributed by atoms with Crippen LogP contribution in [-0.4, -0.2) is 61.1 Å². The molecule has 14 heavy (non-hydrogen) atoms. The number of quaternary nitrogens is 1. The zero-order valence-electron chi connectivity index (χ0n) is 9.15. The number of morpholine rings is 1. The van der Waals surface area contributed by atoms with E-state index in [4.69, 9.17) is 4.74 Å². The highest BCUT2D eigenvalue weighted by Gasteiger charge is 2.37. The lowest BCUT2D eigenvalue weighted by Crippen LogP contribution is -2.60. The number of hydrogen-bond acceptors (Lipinski definition) is 3. The van der Waals surface area contributed by atoms with Gasteiger partial charge in [-0.3, -0.25) is 0 Å². The molecule has 0 aromatic rings. The summed E-state index contributed by atoms with van der Waals surface area (Å²) in [5.74, 6) is 0. The van der Waals surface area contributed by atoms with E-state index in [-0.39, 0.29) is 0 Å². The maximum absolute atomic E-state index is 5.39. The lowest BCUT2D eigenvalue weighted by molar-refractivity contribution is -0.993. The maximum Gasteiger partial charge on any atom is 0.176 e. The minimum atomic E-state index is 0.873. The summed E-state index contributed by atoms with van der Waals surface area (Å²) >= 11 is 0. The van der Waals surface area contributed by atoms with E-state index in [1.165, 1.54) is 0 Å². The van der Waals surface area contributed by atoms with Gasteiger partial charge in [-0.05, 0) is 6.92 Å². The van der Waals surface area contributed by atoms with Crippen LogP contribution in [-0.2, 0) is 4.74 Å². The second-order valence-electron chi connectivity index (χ2n) is 4.07. The van der Waals surface area contributed by atoms with E-state index in [1.807, 2.05) is 0 Å². The summed E-state index contributed by atoms with van der Waals surface area (Å²) < 4.78 is 6.36. The smallest absolute Gasteiger partial charge is 0.176 e. The van der Waals surface area contributed by atoms with Gasteiger partial charge in [0.15, 0.2) is 6.67 Å². The van der Waals surface area contributed by atoms with E-state index < -0.39 is 0 Å². The molecule has 4 nitrogen and oxygen atoms in total. The van der Waals surface area contributed by atoms with Crippen LogP contribution >= 0.6 is 0 Å². The van der Waals surface area contributed by atoms with Gasteiger partial charge in [0, 0.05) is 7.05 Å². The highest BCUT2D eigenvalue weighted by molar-refractivity contribution is 4.79. The molecule has 80 valence electrons. The van der Waals surface area contributed by atoms with E-state index in [1.54, 1.807) is 0 Å². The van der Waals surface area contributed by atoms with Crippen LogP contribution in [0.3, 0.4) is 0 Å². The first kappa shape index (κ1) is 9.96. The second kappa shape index (κ2) is 3.88. The average molecular weight is 198 g/mol. The lowest BCUT2D eigenvalue weighted by Gasteiger charge is -2.42. The number of rotatable bonds is 2. The van der Waals surface area contributed by atoms with Gasteiger partial charge in [0.25, 0.3) is 0 Å². The zero-order valence-corrected chi connectivity index (χ0v) is 9.15. The Morgan fingerprint density at radius 1 is 1.36 bits per heavy atom. The monoisotopic (exact) mass is 198 g/mol. The summed E-state index contributed by atoms with van der Waals surface area (Å²) in [5, 5.41) is 2.50. The minimum Gasteiger partial charge on any atom is -0.378 e. The Balaban J connectivity index is 2.08. The van der Waals surface area contributed by atoms with Crippen molar-refractivity contribution in [3.05, 3.63) is 12.4 Å². The van der Waals surface area contributed by atoms with Crippen molar-refractivity contribution >= 4 is 0 Å². The van der Waals surface area contributed by atoms with E-state index in [2.05, 4.69) is 36.3 Å². The zero-order chi connectivity index (χ0) is 10.0. The summed E-state index contributed by atoms with van der Waals surface area (Å²) in [7, 11) is 2.13. The van der Waals surface area contributed by atoms with Crippen LogP contribution < -0.4 is 0 Å². The minimum absolute atomic E-state index is 0.873. The van der Waals surface area contributed by atoms with Crippen molar-refractivity contribution in [3.8, 4) is 0 Å². The number of hydrogen-bond donors (Lipinski definition) is 0. The topological polar surface area (TPSA) is 15.7 Å². The third-order valence-corrected chi connectivity index (χ3v) is 3.16. The largest absolute Gasteiger partial charge is 0.378 e. The molecular weight excluding hydrogens is 178 g/mol. The van der Waals surface area contributed by atoms with Crippen LogP contribution in [0.1, 0.15) is 6.92 Å². The molecule has 2 aliphatic rings. The Hall–Kier alpha value is -0.580. The van der Waals surface area contributed by atoms with E-state index >= 15 is 0 Å². The molecule has 4 heteroatoms. The summed E-state index contributed by atoms with van der Waals surface area (Å²) in [6.07, 6.45) is 4.48. The van der Waals surface area contributed by atoms with Crippen LogP contribution in [0.2, 0.25) is 0 Å². The van der Waals surface area contributed by atoms with Crippen LogP contribution in [0, 0.1) is 0 Å². The Morgan fingerprint density at radius 3 is 2.57 bits per heavy atom. The van der Waals surface area contributed by atoms with Gasteiger partial charge < -0.3 is 9.64 Å². The third kappa shape index (κ3) is 1.65. The average Bonchev–Trinajstić information content (AvgIpc) is 2.63. The van der Waals surface area contributed by atoms with E-state index in [0.717, 1.165) is 44.1 Å². The molecule has 1 saturated heterocycles. The Kier molecular flexibility index (Phi) is 2.76. The molecule has 0 aromatic carbocycles. The molecule has 1 atom stereocenters. The fourth-order valence-corrected chi connectivity index (χ4v) is 2.26. The predicted molar refractivity (Wildman–Crippen MR) is 55.0 cm³/mol. The van der Waals surface area contributed by atoms with Crippen molar-refractivity contribution < 1.29 is 9.33 Å². The molecule has 2 rings (SSSR count). The van der Waals surface area contributed by atoms with Gasteiger partial charge >= 0.3 is 0 Å². The Labute approximate surface area is 85.9 Å². The Morgan fingerprint density at radius 2 is 2.07 bits per heavy atom. The summed E-state index contributed by atoms with van der Waals surface area (Å²) in [5.41, 5.74) is 0. The van der Waals surface area contributed by atoms with Crippen molar-refractivity contribution in [1.82, 2.24) is 9.91 Å². The second-order valence-corrected chi connectivity index (χ2v) is 4.07. The van der Waals surface area contributed by atoms with Crippen LogP contribution in [0.15, 0.2) is 12.4 Å². The van der Waals surface area contributed by atoms with Crippen LogP contribution in [0.25, 0.3) is 0 Å². The molecule has 0 spiro atoms. The van der Waals surface area contributed by atoms with Gasteiger partial charge in [0.1, 0.15) is 6.20 Å². The normalized spacial score (nSPS) is 34.0. The van der Waals surface area contributed by atoms with Gasteiger partial charge in [-0.2, -0.15) is 4.59 Å². The first-order chi connectivity index (χ1) is 6.77. The summed E-state index contributed by atoms with van der Waals surface area (Å²) in [6.45, 7) is 8.28. The molecule has 0 radical (unpaired) electrons. The SMILES string of the molecule is CC[N+]1(N2CCOCC2)C=CN(C)C1. The quantitative estimate of drug-likeness (QED) is 0.599. The molecule has 0 amide bonds. The van der Waals surface area contributed by atoms with E-state index in [9.17, 15) is 0 Å². The highest BCUT2D eigenvalue weighted by Crippen LogP contribution is 2.21. The van der Waals surface area contributed by atoms with Crippen LogP contribution in [0.4, 0.5) is 0 Å². The van der Waals surface area contributed by atoms with Crippen molar-refractivity contribution in [1.29, 1.82) is 0 Å². The lowest BCUT2D eigenvalue weighted by atomic mass is 10.4. The van der Waals surface area contributed by atoms with Crippen molar-refractivity contribution in [2.24, 2.45) is 0 Å². The molecule has 0 saturated carbocycles. The maximum atomic E-state index is 5.39. The van der Waals surface area contributed by atoms with Crippen LogP contribution in [0.5, 0.6) is 0 Å². The van der Waals surface area contributed by atoms with Gasteiger partial charge in [-0.1, -0.05) is 0 Å². The summed E-state index contributed by atoms with van der Waals surface area (Å²) in [4.78, 5) is 2.25. The van der Waals surface area contributed by atoms with Gasteiger partial charge in [-0.25, -0.2) is 0 Å². The fraction of sp³-hybridized carbons (Fsp3) is 0.800. The first-order valence-corrected chi connectivity index (χ1v) is 5.36. The third-order valence-electron chi connectivity index (χ3n) is 3.16. The Bertz CT molecular complexity index is 225.